The van der Waals surface area contributed by atoms with Crippen LogP contribution in [0.4, 0.5) is 5.69 Å². The number of carbonyl (C=O) groups is 1. The molecule has 5 heteroatoms. The molecule has 1 N–H and O–H groups in total. The summed E-state index contributed by atoms with van der Waals surface area (Å²) in [5.41, 5.74) is 2.56. The highest BCUT2D eigenvalue weighted by molar-refractivity contribution is 14.1. The Kier molecular flexibility index (Phi) is 5.41. The molecule has 19 heavy (non-hydrogen) atoms. The van der Waals surface area contributed by atoms with E-state index in [-0.39, 0.29) is 5.91 Å². The van der Waals surface area contributed by atoms with Crippen LogP contribution in [0, 0.1) is 3.57 Å². The highest BCUT2D eigenvalue weighted by Gasteiger charge is 2.10. The Labute approximate surface area is 142 Å². The van der Waals surface area contributed by atoms with Gasteiger partial charge in [-0.1, -0.05) is 28.1 Å². The SMILES string of the molecule is O=C(Nc1cccc(CBr)c1)c1cc(I)ccc1Br. The van der Waals surface area contributed by atoms with Crippen molar-refractivity contribution < 1.29 is 4.79 Å². The van der Waals surface area contributed by atoms with Gasteiger partial charge in [0.15, 0.2) is 0 Å². The zero-order valence-corrected chi connectivity index (χ0v) is 15.1. The van der Waals surface area contributed by atoms with E-state index in [2.05, 4.69) is 59.8 Å². The molecule has 0 saturated heterocycles. The van der Waals surface area contributed by atoms with Crippen molar-refractivity contribution in [3.05, 3.63) is 61.6 Å². The van der Waals surface area contributed by atoms with Crippen LogP contribution < -0.4 is 5.32 Å². The molecule has 0 saturated carbocycles. The van der Waals surface area contributed by atoms with Crippen LogP contribution >= 0.6 is 54.5 Å². The molecule has 0 aliphatic heterocycles. The van der Waals surface area contributed by atoms with Crippen LogP contribution in [-0.4, -0.2) is 5.91 Å². The van der Waals surface area contributed by atoms with Crippen LogP contribution in [0.2, 0.25) is 0 Å². The molecule has 0 spiro atoms. The van der Waals surface area contributed by atoms with Crippen LogP contribution in [-0.2, 0) is 5.33 Å². The van der Waals surface area contributed by atoms with Gasteiger partial charge < -0.3 is 5.32 Å². The van der Waals surface area contributed by atoms with E-state index in [9.17, 15) is 4.79 Å². The summed E-state index contributed by atoms with van der Waals surface area (Å²) in [6.45, 7) is 0. The first-order valence-electron chi connectivity index (χ1n) is 5.51. The number of anilines is 1. The summed E-state index contributed by atoms with van der Waals surface area (Å²) in [4.78, 5) is 12.2. The van der Waals surface area contributed by atoms with Crippen molar-refractivity contribution in [2.24, 2.45) is 0 Å². The van der Waals surface area contributed by atoms with Gasteiger partial charge in [-0.05, 0) is 74.4 Å². The maximum Gasteiger partial charge on any atom is 0.256 e. The van der Waals surface area contributed by atoms with Gasteiger partial charge in [-0.2, -0.15) is 0 Å². The predicted molar refractivity (Wildman–Crippen MR) is 93.9 cm³/mol. The first-order chi connectivity index (χ1) is 9.10. The van der Waals surface area contributed by atoms with E-state index >= 15 is 0 Å². The number of rotatable bonds is 3. The van der Waals surface area contributed by atoms with E-state index in [1.165, 1.54) is 0 Å². The third-order valence-electron chi connectivity index (χ3n) is 2.51. The molecule has 0 unspecified atom stereocenters. The van der Waals surface area contributed by atoms with Gasteiger partial charge >= 0.3 is 0 Å². The normalized spacial score (nSPS) is 10.3. The van der Waals surface area contributed by atoms with Gasteiger partial charge in [-0.3, -0.25) is 4.79 Å². The third kappa shape index (κ3) is 4.03. The molecule has 2 rings (SSSR count). The lowest BCUT2D eigenvalue weighted by molar-refractivity contribution is 0.102. The quantitative estimate of drug-likeness (QED) is 0.461. The Bertz CT molecular complexity index is 616. The number of alkyl halides is 1. The summed E-state index contributed by atoms with van der Waals surface area (Å²) >= 11 is 8.99. The number of nitrogens with one attached hydrogen (secondary N) is 1. The van der Waals surface area contributed by atoms with Crippen LogP contribution in [0.25, 0.3) is 0 Å². The van der Waals surface area contributed by atoms with Crippen molar-refractivity contribution in [1.82, 2.24) is 0 Å². The molecule has 0 radical (unpaired) electrons. The summed E-state index contributed by atoms with van der Waals surface area (Å²) in [7, 11) is 0. The van der Waals surface area contributed by atoms with E-state index < -0.39 is 0 Å². The van der Waals surface area contributed by atoms with E-state index in [1.807, 2.05) is 42.5 Å². The van der Waals surface area contributed by atoms with Gasteiger partial charge in [-0.15, -0.1) is 0 Å². The van der Waals surface area contributed by atoms with Crippen molar-refractivity contribution in [1.29, 1.82) is 0 Å². The maximum atomic E-state index is 12.2. The fourth-order valence-corrected chi connectivity index (χ4v) is 2.87. The largest absolute Gasteiger partial charge is 0.322 e. The first kappa shape index (κ1) is 15.0. The summed E-state index contributed by atoms with van der Waals surface area (Å²) in [5, 5.41) is 3.68. The van der Waals surface area contributed by atoms with Crippen LogP contribution in [0.1, 0.15) is 15.9 Å². The van der Waals surface area contributed by atoms with E-state index in [4.69, 9.17) is 0 Å². The molecule has 0 aromatic heterocycles. The number of amides is 1. The van der Waals surface area contributed by atoms with Crippen molar-refractivity contribution in [3.8, 4) is 0 Å². The van der Waals surface area contributed by atoms with Gasteiger partial charge in [-0.25, -0.2) is 0 Å². The highest BCUT2D eigenvalue weighted by Crippen LogP contribution is 2.21. The number of hydrogen-bond acceptors (Lipinski definition) is 1. The number of hydrogen-bond donors (Lipinski definition) is 1. The molecular weight excluding hydrogens is 485 g/mol. The van der Waals surface area contributed by atoms with Crippen LogP contribution in [0.3, 0.4) is 0 Å². The Morgan fingerprint density at radius 3 is 2.74 bits per heavy atom. The lowest BCUT2D eigenvalue weighted by Crippen LogP contribution is -2.12. The lowest BCUT2D eigenvalue weighted by atomic mass is 10.2. The molecule has 0 bridgehead atoms. The van der Waals surface area contributed by atoms with Gasteiger partial charge in [0.05, 0.1) is 5.56 Å². The number of benzene rings is 2. The highest BCUT2D eigenvalue weighted by atomic mass is 127. The van der Waals surface area contributed by atoms with Crippen LogP contribution in [0.5, 0.6) is 0 Å². The molecule has 98 valence electrons. The average Bonchev–Trinajstić information content (AvgIpc) is 2.41. The standard InChI is InChI=1S/C14H10Br2INO/c15-8-9-2-1-3-11(6-9)18-14(19)12-7-10(17)4-5-13(12)16/h1-7H,8H2,(H,18,19). The maximum absolute atomic E-state index is 12.2. The fraction of sp³-hybridized carbons (Fsp3) is 0.0714. The van der Waals surface area contributed by atoms with Crippen molar-refractivity contribution in [2.45, 2.75) is 5.33 Å². The van der Waals surface area contributed by atoms with Crippen molar-refractivity contribution >= 4 is 66.0 Å². The third-order valence-corrected chi connectivity index (χ3v) is 4.52. The Hall–Kier alpha value is -0.400. The summed E-state index contributed by atoms with van der Waals surface area (Å²) < 4.78 is 1.82. The molecule has 0 aliphatic carbocycles. The molecule has 0 aliphatic rings. The smallest absolute Gasteiger partial charge is 0.256 e. The molecular formula is C14H10Br2INO. The zero-order valence-electron chi connectivity index (χ0n) is 9.79. The fourth-order valence-electron chi connectivity index (χ4n) is 1.60. The van der Waals surface area contributed by atoms with Gasteiger partial charge in [0.1, 0.15) is 0 Å². The molecule has 0 heterocycles. The zero-order chi connectivity index (χ0) is 13.8. The van der Waals surface area contributed by atoms with Crippen molar-refractivity contribution in [3.63, 3.8) is 0 Å². The topological polar surface area (TPSA) is 29.1 Å². The van der Waals surface area contributed by atoms with E-state index in [0.29, 0.717) is 5.56 Å². The van der Waals surface area contributed by atoms with Crippen LogP contribution in [0.15, 0.2) is 46.9 Å². The molecule has 2 aromatic carbocycles. The lowest BCUT2D eigenvalue weighted by Gasteiger charge is -2.08. The summed E-state index contributed by atoms with van der Waals surface area (Å²) in [6, 6.07) is 13.5. The van der Waals surface area contributed by atoms with Gasteiger partial charge in [0.2, 0.25) is 0 Å². The minimum Gasteiger partial charge on any atom is -0.322 e. The van der Waals surface area contributed by atoms with Crippen molar-refractivity contribution in [2.75, 3.05) is 5.32 Å². The Morgan fingerprint density at radius 1 is 1.21 bits per heavy atom. The second-order valence-corrected chi connectivity index (χ2v) is 6.57. The Morgan fingerprint density at radius 2 is 2.00 bits per heavy atom. The second-order valence-electron chi connectivity index (χ2n) is 3.91. The number of halogens is 3. The average molecular weight is 495 g/mol. The monoisotopic (exact) mass is 493 g/mol. The summed E-state index contributed by atoms with van der Waals surface area (Å²) in [6.07, 6.45) is 0. The molecule has 1 amide bonds. The molecule has 0 atom stereocenters. The molecule has 2 aromatic rings. The van der Waals surface area contributed by atoms with Gasteiger partial charge in [0, 0.05) is 19.1 Å². The van der Waals surface area contributed by atoms with E-state index in [1.54, 1.807) is 0 Å². The molecule has 2 nitrogen and oxygen atoms in total. The van der Waals surface area contributed by atoms with Gasteiger partial charge in [0.25, 0.3) is 5.91 Å². The first-order valence-corrected chi connectivity index (χ1v) is 8.51. The predicted octanol–water partition coefficient (Wildman–Crippen LogP) is 5.20. The second kappa shape index (κ2) is 6.85. The minimum atomic E-state index is -0.114. The van der Waals surface area contributed by atoms with E-state index in [0.717, 1.165) is 24.6 Å². The minimum absolute atomic E-state index is 0.114. The summed E-state index contributed by atoms with van der Waals surface area (Å²) in [5.74, 6) is -0.114. The molecule has 0 fully saturated rings. The number of carbonyl (C=O) groups excluding carboxylic acids is 1. The Balaban J connectivity index is 2.23.